The van der Waals surface area contributed by atoms with Crippen LogP contribution in [-0.2, 0) is 9.59 Å². The second-order valence-electron chi connectivity index (χ2n) is 6.46. The first-order valence-electron chi connectivity index (χ1n) is 6.81. The number of hydrogen-bond acceptors (Lipinski definition) is 3. The number of carboxylic acid groups (broad SMARTS) is 1. The lowest BCUT2D eigenvalue weighted by Crippen LogP contribution is -2.50. The van der Waals surface area contributed by atoms with Gasteiger partial charge in [-0.2, -0.15) is 0 Å². The van der Waals surface area contributed by atoms with Gasteiger partial charge in [0, 0.05) is 30.4 Å². The molecule has 0 N–H and O–H groups in total. The standard InChI is InChI=1S/C14H23NO3/c1-13(2)10(6-7-14(13,3)12(17)18)11(16)15-8-4-5-9-15/h10H,4-9H2,1-3H3,(H,17,18)/p-1/t10-,14-/m0/s1. The summed E-state index contributed by atoms with van der Waals surface area (Å²) in [7, 11) is 0. The summed E-state index contributed by atoms with van der Waals surface area (Å²) in [5.41, 5.74) is -1.43. The van der Waals surface area contributed by atoms with Gasteiger partial charge in [-0.25, -0.2) is 0 Å². The number of rotatable bonds is 2. The van der Waals surface area contributed by atoms with Crippen molar-refractivity contribution in [2.45, 2.75) is 46.5 Å². The Labute approximate surface area is 108 Å². The van der Waals surface area contributed by atoms with Crippen LogP contribution in [0.15, 0.2) is 0 Å². The highest BCUT2D eigenvalue weighted by molar-refractivity contribution is 5.83. The van der Waals surface area contributed by atoms with E-state index in [2.05, 4.69) is 0 Å². The Balaban J connectivity index is 2.21. The van der Waals surface area contributed by atoms with E-state index in [9.17, 15) is 14.7 Å². The molecule has 2 aliphatic rings. The molecule has 18 heavy (non-hydrogen) atoms. The number of amides is 1. The fourth-order valence-electron chi connectivity index (χ4n) is 3.46. The summed E-state index contributed by atoms with van der Waals surface area (Å²) in [6.07, 6.45) is 3.33. The van der Waals surface area contributed by atoms with Crippen molar-refractivity contribution in [3.63, 3.8) is 0 Å². The Kier molecular flexibility index (Phi) is 3.16. The maximum Gasteiger partial charge on any atom is 0.226 e. The minimum atomic E-state index is -1.02. The Morgan fingerprint density at radius 2 is 1.72 bits per heavy atom. The van der Waals surface area contributed by atoms with Crippen LogP contribution in [0.2, 0.25) is 0 Å². The molecule has 1 heterocycles. The molecule has 4 nitrogen and oxygen atoms in total. The van der Waals surface area contributed by atoms with Gasteiger partial charge in [0.15, 0.2) is 0 Å². The van der Waals surface area contributed by atoms with Crippen molar-refractivity contribution in [2.24, 2.45) is 16.7 Å². The Bertz CT molecular complexity index is 371. The topological polar surface area (TPSA) is 60.4 Å². The number of nitrogens with zero attached hydrogens (tertiary/aromatic N) is 1. The van der Waals surface area contributed by atoms with Gasteiger partial charge in [0.05, 0.1) is 0 Å². The molecule has 0 radical (unpaired) electrons. The normalized spacial score (nSPS) is 34.8. The molecule has 0 aromatic carbocycles. The van der Waals surface area contributed by atoms with E-state index in [1.54, 1.807) is 6.92 Å². The third-order valence-electron chi connectivity index (χ3n) is 5.39. The van der Waals surface area contributed by atoms with Gasteiger partial charge in [-0.1, -0.05) is 20.8 Å². The smallest absolute Gasteiger partial charge is 0.226 e. The zero-order valence-electron chi connectivity index (χ0n) is 11.5. The monoisotopic (exact) mass is 252 g/mol. The Hall–Kier alpha value is -1.06. The van der Waals surface area contributed by atoms with Crippen LogP contribution in [0.3, 0.4) is 0 Å². The molecule has 1 saturated heterocycles. The molecule has 2 rings (SSSR count). The molecule has 0 aromatic heterocycles. The minimum absolute atomic E-state index is 0.141. The summed E-state index contributed by atoms with van der Waals surface area (Å²) in [4.78, 5) is 25.8. The average molecular weight is 252 g/mol. The number of aliphatic carboxylic acids is 1. The van der Waals surface area contributed by atoms with Crippen LogP contribution in [0.25, 0.3) is 0 Å². The third-order valence-corrected chi connectivity index (χ3v) is 5.39. The first kappa shape index (κ1) is 13.4. The zero-order chi connectivity index (χ0) is 13.6. The number of carbonyl (C=O) groups excluding carboxylic acids is 2. The molecular weight excluding hydrogens is 230 g/mol. The third kappa shape index (κ3) is 1.73. The van der Waals surface area contributed by atoms with Crippen molar-refractivity contribution in [1.29, 1.82) is 0 Å². The van der Waals surface area contributed by atoms with E-state index in [-0.39, 0.29) is 11.8 Å². The van der Waals surface area contributed by atoms with Crippen molar-refractivity contribution in [3.8, 4) is 0 Å². The van der Waals surface area contributed by atoms with Crippen molar-refractivity contribution < 1.29 is 14.7 Å². The first-order chi connectivity index (χ1) is 8.30. The maximum atomic E-state index is 12.5. The SMILES string of the molecule is CC1(C)[C@H](C(=O)N2CCCC2)CC[C@@]1(C)C(=O)[O-]. The number of carboxylic acids is 1. The van der Waals surface area contributed by atoms with E-state index in [4.69, 9.17) is 0 Å². The minimum Gasteiger partial charge on any atom is -0.550 e. The van der Waals surface area contributed by atoms with Gasteiger partial charge in [-0.15, -0.1) is 0 Å². The lowest BCUT2D eigenvalue weighted by Gasteiger charge is -2.42. The summed E-state index contributed by atoms with van der Waals surface area (Å²) in [5.74, 6) is -1.06. The highest BCUT2D eigenvalue weighted by atomic mass is 16.4. The van der Waals surface area contributed by atoms with Crippen LogP contribution in [0.1, 0.15) is 46.5 Å². The second-order valence-corrected chi connectivity index (χ2v) is 6.46. The quantitative estimate of drug-likeness (QED) is 0.730. The molecule has 2 atom stereocenters. The van der Waals surface area contributed by atoms with Crippen LogP contribution in [0.5, 0.6) is 0 Å². The lowest BCUT2D eigenvalue weighted by molar-refractivity contribution is -0.323. The second kappa shape index (κ2) is 4.25. The molecule has 0 bridgehead atoms. The molecule has 1 aliphatic heterocycles. The van der Waals surface area contributed by atoms with Gasteiger partial charge in [-0.3, -0.25) is 4.79 Å². The van der Waals surface area contributed by atoms with Gasteiger partial charge >= 0.3 is 0 Å². The Morgan fingerprint density at radius 3 is 2.17 bits per heavy atom. The fourth-order valence-corrected chi connectivity index (χ4v) is 3.46. The summed E-state index contributed by atoms with van der Waals surface area (Å²) < 4.78 is 0. The number of carbonyl (C=O) groups is 2. The molecule has 1 aliphatic carbocycles. The highest BCUT2D eigenvalue weighted by Gasteiger charge is 2.55. The molecule has 1 amide bonds. The van der Waals surface area contributed by atoms with Gasteiger partial charge in [0.2, 0.25) is 5.91 Å². The van der Waals surface area contributed by atoms with Crippen molar-refractivity contribution in [2.75, 3.05) is 13.1 Å². The summed E-state index contributed by atoms with van der Waals surface area (Å²) >= 11 is 0. The molecule has 1 saturated carbocycles. The number of likely N-dealkylation sites (tertiary alicyclic amines) is 1. The maximum absolute atomic E-state index is 12.5. The summed E-state index contributed by atoms with van der Waals surface area (Å²) in [6.45, 7) is 7.17. The fraction of sp³-hybridized carbons (Fsp3) is 0.857. The summed E-state index contributed by atoms with van der Waals surface area (Å²) in [5, 5.41) is 11.4. The first-order valence-corrected chi connectivity index (χ1v) is 6.81. The van der Waals surface area contributed by atoms with E-state index < -0.39 is 16.8 Å². The van der Waals surface area contributed by atoms with Crippen LogP contribution < -0.4 is 5.11 Å². The molecule has 2 fully saturated rings. The largest absolute Gasteiger partial charge is 0.550 e. The molecule has 0 spiro atoms. The summed E-state index contributed by atoms with van der Waals surface area (Å²) in [6, 6.07) is 0. The molecule has 0 aromatic rings. The zero-order valence-corrected chi connectivity index (χ0v) is 11.5. The number of hydrogen-bond donors (Lipinski definition) is 0. The van der Waals surface area contributed by atoms with Crippen molar-refractivity contribution in [1.82, 2.24) is 4.90 Å². The van der Waals surface area contributed by atoms with Crippen molar-refractivity contribution in [3.05, 3.63) is 0 Å². The van der Waals surface area contributed by atoms with Gasteiger partial charge < -0.3 is 14.8 Å². The van der Waals surface area contributed by atoms with E-state index in [1.165, 1.54) is 0 Å². The van der Waals surface area contributed by atoms with Gasteiger partial charge in [0.25, 0.3) is 0 Å². The van der Waals surface area contributed by atoms with Crippen molar-refractivity contribution >= 4 is 11.9 Å². The predicted octanol–water partition coefficient (Wildman–Crippen LogP) is 0.801. The van der Waals surface area contributed by atoms with Crippen LogP contribution in [0.4, 0.5) is 0 Å². The molecule has 0 unspecified atom stereocenters. The predicted molar refractivity (Wildman–Crippen MR) is 65.4 cm³/mol. The molecule has 4 heteroatoms. The highest BCUT2D eigenvalue weighted by Crippen LogP contribution is 2.56. The van der Waals surface area contributed by atoms with E-state index >= 15 is 0 Å². The van der Waals surface area contributed by atoms with Gasteiger partial charge in [0.1, 0.15) is 0 Å². The van der Waals surface area contributed by atoms with E-state index in [0.717, 1.165) is 25.9 Å². The van der Waals surface area contributed by atoms with E-state index in [1.807, 2.05) is 18.7 Å². The lowest BCUT2D eigenvalue weighted by atomic mass is 9.65. The van der Waals surface area contributed by atoms with Gasteiger partial charge in [-0.05, 0) is 31.1 Å². The average Bonchev–Trinajstić information content (AvgIpc) is 2.87. The van der Waals surface area contributed by atoms with Crippen LogP contribution in [0, 0.1) is 16.7 Å². The Morgan fingerprint density at radius 1 is 1.17 bits per heavy atom. The van der Waals surface area contributed by atoms with E-state index in [0.29, 0.717) is 12.8 Å². The molecule has 102 valence electrons. The van der Waals surface area contributed by atoms with Crippen LogP contribution in [-0.4, -0.2) is 29.9 Å². The van der Waals surface area contributed by atoms with Crippen LogP contribution >= 0.6 is 0 Å². The molecular formula is C14H22NO3-.